The molecule has 0 saturated carbocycles. The van der Waals surface area contributed by atoms with Crippen LogP contribution in [0.15, 0.2) is 61.1 Å². The fourth-order valence-corrected chi connectivity index (χ4v) is 2.67. The zero-order valence-corrected chi connectivity index (χ0v) is 15.9. The van der Waals surface area contributed by atoms with Crippen LogP contribution in [0.4, 0.5) is 0 Å². The monoisotopic (exact) mass is 383 g/mol. The van der Waals surface area contributed by atoms with Crippen LogP contribution in [-0.2, 0) is 19.7 Å². The Hall–Kier alpha value is -2.63. The number of pyridine rings is 2. The maximum atomic E-state index is 5.91. The van der Waals surface area contributed by atoms with E-state index in [1.165, 1.54) is 0 Å². The molecule has 140 valence electrons. The zero-order valence-electron chi connectivity index (χ0n) is 15.2. The summed E-state index contributed by atoms with van der Waals surface area (Å²) < 4.78 is 11.7. The second-order valence-corrected chi connectivity index (χ2v) is 6.34. The van der Waals surface area contributed by atoms with E-state index >= 15 is 0 Å². The summed E-state index contributed by atoms with van der Waals surface area (Å²) >= 11 is 5.81. The van der Waals surface area contributed by atoms with Crippen molar-refractivity contribution >= 4 is 11.6 Å². The maximum absolute atomic E-state index is 5.91. The first-order chi connectivity index (χ1) is 13.2. The highest BCUT2D eigenvalue weighted by Gasteiger charge is 2.07. The molecule has 0 aliphatic heterocycles. The van der Waals surface area contributed by atoms with Crippen molar-refractivity contribution in [3.8, 4) is 11.5 Å². The number of benzene rings is 1. The first kappa shape index (κ1) is 19.1. The van der Waals surface area contributed by atoms with Gasteiger partial charge in [0.25, 0.3) is 0 Å². The van der Waals surface area contributed by atoms with Gasteiger partial charge in [0.15, 0.2) is 11.5 Å². The molecular formula is C21H22ClN3O2. The van der Waals surface area contributed by atoms with Gasteiger partial charge in [-0.25, -0.2) is 4.98 Å². The lowest BCUT2D eigenvalue weighted by molar-refractivity contribution is 0.269. The van der Waals surface area contributed by atoms with E-state index in [9.17, 15) is 0 Å². The fourth-order valence-electron chi connectivity index (χ4n) is 2.56. The number of nitrogens with zero attached hydrogens (tertiary/aromatic N) is 2. The lowest BCUT2D eigenvalue weighted by Gasteiger charge is -2.14. The summed E-state index contributed by atoms with van der Waals surface area (Å²) in [6, 6.07) is 13.6. The molecule has 0 bridgehead atoms. The van der Waals surface area contributed by atoms with Crippen LogP contribution in [0.25, 0.3) is 0 Å². The van der Waals surface area contributed by atoms with Gasteiger partial charge < -0.3 is 14.8 Å². The molecule has 0 amide bonds. The van der Waals surface area contributed by atoms with Crippen molar-refractivity contribution in [1.29, 1.82) is 0 Å². The van der Waals surface area contributed by atoms with Gasteiger partial charge in [0, 0.05) is 37.2 Å². The van der Waals surface area contributed by atoms with E-state index in [1.807, 2.05) is 49.5 Å². The lowest BCUT2D eigenvalue weighted by Crippen LogP contribution is -2.13. The molecule has 0 aliphatic carbocycles. The molecule has 0 spiro atoms. The van der Waals surface area contributed by atoms with Crippen molar-refractivity contribution in [3.05, 3.63) is 82.9 Å². The van der Waals surface area contributed by atoms with E-state index in [-0.39, 0.29) is 0 Å². The van der Waals surface area contributed by atoms with Crippen molar-refractivity contribution < 1.29 is 9.47 Å². The van der Waals surface area contributed by atoms with Crippen LogP contribution in [0.3, 0.4) is 0 Å². The Kier molecular flexibility index (Phi) is 7.02. The number of rotatable bonds is 9. The minimum absolute atomic E-state index is 0.406. The van der Waals surface area contributed by atoms with Gasteiger partial charge in [-0.05, 0) is 42.3 Å². The summed E-state index contributed by atoms with van der Waals surface area (Å²) in [6.07, 6.45) is 5.34. The van der Waals surface area contributed by atoms with Crippen LogP contribution in [0.1, 0.15) is 23.6 Å². The predicted molar refractivity (Wildman–Crippen MR) is 106 cm³/mol. The van der Waals surface area contributed by atoms with Gasteiger partial charge in [-0.1, -0.05) is 29.8 Å². The predicted octanol–water partition coefficient (Wildman–Crippen LogP) is 4.40. The van der Waals surface area contributed by atoms with E-state index in [0.29, 0.717) is 24.1 Å². The smallest absolute Gasteiger partial charge is 0.161 e. The molecule has 0 fully saturated rings. The van der Waals surface area contributed by atoms with Crippen LogP contribution in [0.2, 0.25) is 5.15 Å². The molecule has 0 aliphatic rings. The minimum atomic E-state index is 0.406. The SMILES string of the molecule is CCOc1cc(CNCc2cccnc2)ccc1OCc1ccc(Cl)nc1. The number of nitrogens with one attached hydrogen (secondary N) is 1. The normalized spacial score (nSPS) is 10.6. The third-order valence-corrected chi connectivity index (χ3v) is 4.10. The van der Waals surface area contributed by atoms with Crippen molar-refractivity contribution in [1.82, 2.24) is 15.3 Å². The summed E-state index contributed by atoms with van der Waals surface area (Å²) in [7, 11) is 0. The number of ether oxygens (including phenoxy) is 2. The van der Waals surface area contributed by atoms with Crippen molar-refractivity contribution in [2.24, 2.45) is 0 Å². The fraction of sp³-hybridized carbons (Fsp3) is 0.238. The number of aromatic nitrogens is 2. The summed E-state index contributed by atoms with van der Waals surface area (Å²) in [4.78, 5) is 8.19. The van der Waals surface area contributed by atoms with Gasteiger partial charge in [0.05, 0.1) is 6.61 Å². The average molecular weight is 384 g/mol. The Labute approximate surface area is 164 Å². The zero-order chi connectivity index (χ0) is 18.9. The second kappa shape index (κ2) is 9.90. The van der Waals surface area contributed by atoms with Gasteiger partial charge in [-0.2, -0.15) is 0 Å². The van der Waals surface area contributed by atoms with Crippen molar-refractivity contribution in [2.45, 2.75) is 26.6 Å². The number of hydrogen-bond acceptors (Lipinski definition) is 5. The lowest BCUT2D eigenvalue weighted by atomic mass is 10.2. The standard InChI is InChI=1S/C21H22ClN3O2/c1-2-26-20-10-16(11-24-13-17-4-3-9-23-12-17)5-7-19(20)27-15-18-6-8-21(22)25-14-18/h3-10,12,14,24H,2,11,13,15H2,1H3. The Morgan fingerprint density at radius 3 is 2.52 bits per heavy atom. The van der Waals surface area contributed by atoms with Crippen molar-refractivity contribution in [2.75, 3.05) is 6.61 Å². The summed E-state index contributed by atoms with van der Waals surface area (Å²) in [5.41, 5.74) is 3.23. The Morgan fingerprint density at radius 2 is 1.78 bits per heavy atom. The molecule has 3 aromatic rings. The van der Waals surface area contributed by atoms with E-state index in [1.54, 1.807) is 18.5 Å². The van der Waals surface area contributed by atoms with Gasteiger partial charge in [0.1, 0.15) is 11.8 Å². The van der Waals surface area contributed by atoms with E-state index in [0.717, 1.165) is 35.5 Å². The third-order valence-electron chi connectivity index (χ3n) is 3.87. The molecular weight excluding hydrogens is 362 g/mol. The molecule has 2 aromatic heterocycles. The molecule has 0 saturated heterocycles. The highest BCUT2D eigenvalue weighted by Crippen LogP contribution is 2.29. The molecule has 1 aromatic carbocycles. The summed E-state index contributed by atoms with van der Waals surface area (Å²) in [5, 5.41) is 3.88. The van der Waals surface area contributed by atoms with Crippen LogP contribution < -0.4 is 14.8 Å². The highest BCUT2D eigenvalue weighted by molar-refractivity contribution is 6.29. The molecule has 0 unspecified atom stereocenters. The van der Waals surface area contributed by atoms with Crippen molar-refractivity contribution in [3.63, 3.8) is 0 Å². The first-order valence-corrected chi connectivity index (χ1v) is 9.21. The van der Waals surface area contributed by atoms with E-state index in [4.69, 9.17) is 21.1 Å². The summed E-state index contributed by atoms with van der Waals surface area (Å²) in [6.45, 7) is 4.43. The molecule has 3 rings (SSSR count). The van der Waals surface area contributed by atoms with E-state index < -0.39 is 0 Å². The number of hydrogen-bond donors (Lipinski definition) is 1. The van der Waals surface area contributed by atoms with Crippen LogP contribution in [0.5, 0.6) is 11.5 Å². The molecule has 0 atom stereocenters. The molecule has 6 heteroatoms. The van der Waals surface area contributed by atoms with Gasteiger partial charge >= 0.3 is 0 Å². The van der Waals surface area contributed by atoms with E-state index in [2.05, 4.69) is 15.3 Å². The topological polar surface area (TPSA) is 56.3 Å². The average Bonchev–Trinajstić information content (AvgIpc) is 2.70. The Bertz CT molecular complexity index is 842. The van der Waals surface area contributed by atoms with Crippen LogP contribution in [0, 0.1) is 0 Å². The number of halogens is 1. The molecule has 1 N–H and O–H groups in total. The minimum Gasteiger partial charge on any atom is -0.490 e. The molecule has 27 heavy (non-hydrogen) atoms. The second-order valence-electron chi connectivity index (χ2n) is 5.96. The van der Waals surface area contributed by atoms with Gasteiger partial charge in [-0.3, -0.25) is 4.98 Å². The largest absolute Gasteiger partial charge is 0.490 e. The maximum Gasteiger partial charge on any atom is 0.161 e. The van der Waals surface area contributed by atoms with Gasteiger partial charge in [0.2, 0.25) is 0 Å². The quantitative estimate of drug-likeness (QED) is 0.555. The molecule has 5 nitrogen and oxygen atoms in total. The molecule has 0 radical (unpaired) electrons. The summed E-state index contributed by atoms with van der Waals surface area (Å²) in [5.74, 6) is 1.45. The highest BCUT2D eigenvalue weighted by atomic mass is 35.5. The Balaban J connectivity index is 1.60. The van der Waals surface area contributed by atoms with Gasteiger partial charge in [-0.15, -0.1) is 0 Å². The third kappa shape index (κ3) is 5.94. The first-order valence-electron chi connectivity index (χ1n) is 8.83. The van der Waals surface area contributed by atoms with Crippen LogP contribution >= 0.6 is 11.6 Å². The Morgan fingerprint density at radius 1 is 0.926 bits per heavy atom. The van der Waals surface area contributed by atoms with Crippen LogP contribution in [-0.4, -0.2) is 16.6 Å². The molecule has 2 heterocycles.